The van der Waals surface area contributed by atoms with Crippen LogP contribution in [0.2, 0.25) is 10.0 Å². The summed E-state index contributed by atoms with van der Waals surface area (Å²) >= 11 is 13.3. The topological polar surface area (TPSA) is 81.3 Å². The van der Waals surface area contributed by atoms with Crippen LogP contribution < -0.4 is 10.9 Å². The van der Waals surface area contributed by atoms with Gasteiger partial charge in [-0.25, -0.2) is 0 Å². The maximum absolute atomic E-state index is 12.9. The molecule has 0 radical (unpaired) electrons. The van der Waals surface area contributed by atoms with E-state index in [1.54, 1.807) is 47.7 Å². The average molecular weight is 474 g/mol. The second-order valence-electron chi connectivity index (χ2n) is 6.71. The molecule has 0 unspecified atom stereocenters. The number of amides is 1. The molecule has 0 fully saturated rings. The number of benzene rings is 2. The zero-order valence-electron chi connectivity index (χ0n) is 16.4. The smallest absolute Gasteiger partial charge is 0.263 e. The molecular weight excluding hydrogens is 457 g/mol. The summed E-state index contributed by atoms with van der Waals surface area (Å²) in [5, 5.41) is 12.6. The van der Waals surface area contributed by atoms with E-state index in [1.807, 2.05) is 12.1 Å². The summed E-state index contributed by atoms with van der Waals surface area (Å²) < 4.78 is 3.29. The van der Waals surface area contributed by atoms with Crippen molar-refractivity contribution in [1.82, 2.24) is 19.2 Å². The van der Waals surface area contributed by atoms with Crippen LogP contribution in [0.5, 0.6) is 0 Å². The molecule has 10 heteroatoms. The Hall–Kier alpha value is -2.81. The number of rotatable bonds is 6. The summed E-state index contributed by atoms with van der Waals surface area (Å²) in [6, 6.07) is 12.1. The molecule has 158 valence electrons. The summed E-state index contributed by atoms with van der Waals surface area (Å²) in [5.74, 6) is 0.133. The number of allylic oxidation sites excluding steroid dienone is 1. The van der Waals surface area contributed by atoms with Gasteiger partial charge < -0.3 is 5.32 Å². The highest BCUT2D eigenvalue weighted by Gasteiger charge is 2.22. The number of carbonyl (C=O) groups excluding carboxylic acids is 1. The van der Waals surface area contributed by atoms with Crippen LogP contribution in [0.1, 0.15) is 6.92 Å². The molecule has 0 aliphatic carbocycles. The average Bonchev–Trinajstić information content (AvgIpc) is 3.16. The number of anilines is 1. The van der Waals surface area contributed by atoms with E-state index in [1.165, 1.54) is 16.3 Å². The van der Waals surface area contributed by atoms with Gasteiger partial charge in [0.1, 0.15) is 0 Å². The molecule has 7 nitrogen and oxygen atoms in total. The van der Waals surface area contributed by atoms with E-state index in [4.69, 9.17) is 23.2 Å². The monoisotopic (exact) mass is 473 g/mol. The van der Waals surface area contributed by atoms with Crippen molar-refractivity contribution in [3.8, 4) is 0 Å². The Morgan fingerprint density at radius 3 is 2.77 bits per heavy atom. The third kappa shape index (κ3) is 4.06. The highest BCUT2D eigenvalue weighted by Crippen LogP contribution is 2.28. The van der Waals surface area contributed by atoms with Crippen molar-refractivity contribution in [2.45, 2.75) is 23.9 Å². The molecule has 4 aromatic rings. The molecule has 0 spiro atoms. The van der Waals surface area contributed by atoms with Gasteiger partial charge in [-0.1, -0.05) is 53.2 Å². The molecule has 2 aromatic carbocycles. The van der Waals surface area contributed by atoms with Crippen molar-refractivity contribution in [1.29, 1.82) is 0 Å². The molecule has 4 rings (SSSR count). The Balaban J connectivity index is 1.71. The number of hydrogen-bond acceptors (Lipinski definition) is 5. The number of aromatic nitrogens is 4. The Labute approximate surface area is 191 Å². The number of hydrogen-bond donors (Lipinski definition) is 1. The summed E-state index contributed by atoms with van der Waals surface area (Å²) in [6.45, 7) is 5.77. The lowest BCUT2D eigenvalue weighted by molar-refractivity contribution is -0.115. The number of para-hydroxylation sites is 1. The Bertz CT molecular complexity index is 1380. The first kappa shape index (κ1) is 21.4. The highest BCUT2D eigenvalue weighted by molar-refractivity contribution is 8.00. The number of nitrogens with one attached hydrogen (secondary N) is 1. The van der Waals surface area contributed by atoms with Crippen molar-refractivity contribution in [2.24, 2.45) is 0 Å². The first-order chi connectivity index (χ1) is 14.9. The van der Waals surface area contributed by atoms with E-state index in [2.05, 4.69) is 22.1 Å². The molecule has 1 amide bonds. The fraction of sp³-hybridized carbons (Fsp3) is 0.143. The maximum Gasteiger partial charge on any atom is 0.263 e. The van der Waals surface area contributed by atoms with Crippen LogP contribution in [0.4, 0.5) is 5.69 Å². The molecule has 1 N–H and O–H groups in total. The van der Waals surface area contributed by atoms with Crippen LogP contribution in [0.3, 0.4) is 0 Å². The van der Waals surface area contributed by atoms with Crippen molar-refractivity contribution in [3.63, 3.8) is 0 Å². The lowest BCUT2D eigenvalue weighted by Crippen LogP contribution is -2.24. The largest absolute Gasteiger partial charge is 0.324 e. The second-order valence-corrected chi connectivity index (χ2v) is 8.86. The molecule has 0 aliphatic heterocycles. The molecular formula is C21H17Cl2N5O2S. The van der Waals surface area contributed by atoms with Crippen LogP contribution >= 0.6 is 35.0 Å². The quantitative estimate of drug-likeness (QED) is 0.325. The zero-order chi connectivity index (χ0) is 22.1. The van der Waals surface area contributed by atoms with Crippen LogP contribution in [0.25, 0.3) is 16.7 Å². The minimum atomic E-state index is -0.516. The van der Waals surface area contributed by atoms with Crippen molar-refractivity contribution < 1.29 is 4.79 Å². The molecule has 0 saturated heterocycles. The highest BCUT2D eigenvalue weighted by atomic mass is 35.5. The molecule has 2 aromatic heterocycles. The first-order valence-corrected chi connectivity index (χ1v) is 10.9. The third-order valence-electron chi connectivity index (χ3n) is 4.63. The van der Waals surface area contributed by atoms with Gasteiger partial charge in [0.05, 0.1) is 26.9 Å². The number of carbonyl (C=O) groups is 1. The SMILES string of the molecule is C=CCn1c(=O)c2ccccc2n2c(S[C@@H](C)C(=O)Nc3ccc(Cl)cc3Cl)nnc12. The normalized spacial score (nSPS) is 12.2. The minimum absolute atomic E-state index is 0.171. The number of halogens is 2. The van der Waals surface area contributed by atoms with Gasteiger partial charge in [0.15, 0.2) is 5.16 Å². The summed E-state index contributed by atoms with van der Waals surface area (Å²) in [6.07, 6.45) is 1.63. The first-order valence-electron chi connectivity index (χ1n) is 9.31. The van der Waals surface area contributed by atoms with E-state index < -0.39 is 5.25 Å². The van der Waals surface area contributed by atoms with Crippen LogP contribution in [0, 0.1) is 0 Å². The lowest BCUT2D eigenvalue weighted by atomic mass is 10.2. The van der Waals surface area contributed by atoms with Gasteiger partial charge in [-0.3, -0.25) is 18.6 Å². The molecule has 0 bridgehead atoms. The maximum atomic E-state index is 12.9. The van der Waals surface area contributed by atoms with Gasteiger partial charge in [0.2, 0.25) is 11.7 Å². The predicted molar refractivity (Wildman–Crippen MR) is 125 cm³/mol. The minimum Gasteiger partial charge on any atom is -0.324 e. The fourth-order valence-electron chi connectivity index (χ4n) is 3.14. The molecule has 0 aliphatic rings. The van der Waals surface area contributed by atoms with Crippen molar-refractivity contribution >= 4 is 63.2 Å². The van der Waals surface area contributed by atoms with Gasteiger partial charge in [0, 0.05) is 11.6 Å². The lowest BCUT2D eigenvalue weighted by Gasteiger charge is -2.13. The van der Waals surface area contributed by atoms with Gasteiger partial charge in [-0.05, 0) is 37.3 Å². The van der Waals surface area contributed by atoms with E-state index >= 15 is 0 Å². The van der Waals surface area contributed by atoms with Crippen LogP contribution in [-0.4, -0.2) is 30.3 Å². The van der Waals surface area contributed by atoms with E-state index in [0.717, 1.165) is 0 Å². The van der Waals surface area contributed by atoms with E-state index in [0.29, 0.717) is 44.1 Å². The third-order valence-corrected chi connectivity index (χ3v) is 6.22. The van der Waals surface area contributed by atoms with Crippen molar-refractivity contribution in [2.75, 3.05) is 5.32 Å². The summed E-state index contributed by atoms with van der Waals surface area (Å²) in [4.78, 5) is 25.6. The fourth-order valence-corrected chi connectivity index (χ4v) is 4.45. The van der Waals surface area contributed by atoms with E-state index in [9.17, 15) is 9.59 Å². The van der Waals surface area contributed by atoms with Gasteiger partial charge in [-0.15, -0.1) is 16.8 Å². The Kier molecular flexibility index (Phi) is 6.04. The van der Waals surface area contributed by atoms with Crippen LogP contribution in [0.15, 0.2) is 65.1 Å². The molecule has 31 heavy (non-hydrogen) atoms. The predicted octanol–water partition coefficient (Wildman–Crippen LogP) is 4.66. The number of nitrogens with zero attached hydrogens (tertiary/aromatic N) is 4. The molecule has 1 atom stereocenters. The van der Waals surface area contributed by atoms with Gasteiger partial charge in [0.25, 0.3) is 5.56 Å². The van der Waals surface area contributed by atoms with Crippen LogP contribution in [-0.2, 0) is 11.3 Å². The Morgan fingerprint density at radius 2 is 2.03 bits per heavy atom. The van der Waals surface area contributed by atoms with Gasteiger partial charge in [-0.2, -0.15) is 0 Å². The summed E-state index contributed by atoms with van der Waals surface area (Å²) in [5.41, 5.74) is 0.971. The number of fused-ring (bicyclic) bond motifs is 3. The second kappa shape index (κ2) is 8.74. The standard InChI is InChI=1S/C21H17Cl2N5O2S/c1-3-10-27-19(30)14-6-4-5-7-17(14)28-20(27)25-26-21(28)31-12(2)18(29)24-16-9-8-13(22)11-15(16)23/h3-9,11-12H,1,10H2,2H3,(H,24,29)/t12-/m0/s1. The molecule has 2 heterocycles. The number of thioether (sulfide) groups is 1. The van der Waals surface area contributed by atoms with Crippen molar-refractivity contribution in [3.05, 3.63) is 75.5 Å². The summed E-state index contributed by atoms with van der Waals surface area (Å²) in [7, 11) is 0. The zero-order valence-corrected chi connectivity index (χ0v) is 18.7. The molecule has 0 saturated carbocycles. The van der Waals surface area contributed by atoms with Gasteiger partial charge >= 0.3 is 0 Å². The van der Waals surface area contributed by atoms with E-state index in [-0.39, 0.29) is 11.5 Å². The Morgan fingerprint density at radius 1 is 1.26 bits per heavy atom.